The highest BCUT2D eigenvalue weighted by Gasteiger charge is 2.25. The first kappa shape index (κ1) is 19.3. The SMILES string of the molecule is Cc1ccc(N2CCC(NC3CCCN(Cc4cccc(O)c4)C3)CC2)cc1. The molecule has 4 rings (SSSR count). The Morgan fingerprint density at radius 2 is 1.75 bits per heavy atom. The highest BCUT2D eigenvalue weighted by molar-refractivity contribution is 5.47. The molecule has 4 heteroatoms. The van der Waals surface area contributed by atoms with Crippen LogP contribution in [0, 0.1) is 6.92 Å². The molecule has 2 aliphatic heterocycles. The Balaban J connectivity index is 1.25. The number of nitrogens with one attached hydrogen (secondary N) is 1. The number of benzene rings is 2. The van der Waals surface area contributed by atoms with Crippen LogP contribution in [-0.2, 0) is 6.54 Å². The second kappa shape index (κ2) is 8.97. The molecule has 4 nitrogen and oxygen atoms in total. The minimum absolute atomic E-state index is 0.365. The van der Waals surface area contributed by atoms with E-state index in [1.807, 2.05) is 12.1 Å². The molecule has 2 saturated heterocycles. The predicted octanol–water partition coefficient (Wildman–Crippen LogP) is 3.92. The van der Waals surface area contributed by atoms with Crippen LogP contribution in [0.15, 0.2) is 48.5 Å². The molecular weight excluding hydrogens is 346 g/mol. The highest BCUT2D eigenvalue weighted by Crippen LogP contribution is 2.22. The Bertz CT molecular complexity index is 753. The highest BCUT2D eigenvalue weighted by atomic mass is 16.3. The first-order chi connectivity index (χ1) is 13.7. The van der Waals surface area contributed by atoms with E-state index in [9.17, 15) is 5.11 Å². The van der Waals surface area contributed by atoms with Gasteiger partial charge in [-0.2, -0.15) is 0 Å². The summed E-state index contributed by atoms with van der Waals surface area (Å²) < 4.78 is 0. The lowest BCUT2D eigenvalue weighted by Gasteiger charge is -2.39. The minimum atomic E-state index is 0.365. The monoisotopic (exact) mass is 379 g/mol. The minimum Gasteiger partial charge on any atom is -0.508 e. The maximum absolute atomic E-state index is 9.69. The molecule has 28 heavy (non-hydrogen) atoms. The molecule has 0 radical (unpaired) electrons. The van der Waals surface area contributed by atoms with Crippen molar-refractivity contribution in [2.45, 2.75) is 51.2 Å². The third kappa shape index (κ3) is 5.06. The molecule has 150 valence electrons. The largest absolute Gasteiger partial charge is 0.508 e. The average Bonchev–Trinajstić information content (AvgIpc) is 2.70. The molecule has 2 heterocycles. The van der Waals surface area contributed by atoms with Crippen LogP contribution in [0.1, 0.15) is 36.8 Å². The summed E-state index contributed by atoms with van der Waals surface area (Å²) in [4.78, 5) is 5.05. The van der Waals surface area contributed by atoms with Crippen molar-refractivity contribution in [3.8, 4) is 5.75 Å². The Hall–Kier alpha value is -2.04. The van der Waals surface area contributed by atoms with Crippen molar-refractivity contribution in [2.24, 2.45) is 0 Å². The summed E-state index contributed by atoms with van der Waals surface area (Å²) in [5.74, 6) is 0.365. The molecule has 0 aromatic heterocycles. The summed E-state index contributed by atoms with van der Waals surface area (Å²) in [5, 5.41) is 13.6. The number of nitrogens with zero attached hydrogens (tertiary/aromatic N) is 2. The van der Waals surface area contributed by atoms with E-state index in [0.29, 0.717) is 17.8 Å². The Morgan fingerprint density at radius 3 is 2.50 bits per heavy atom. The third-order valence-corrected chi connectivity index (χ3v) is 6.19. The lowest BCUT2D eigenvalue weighted by molar-refractivity contribution is 0.171. The molecule has 0 spiro atoms. The van der Waals surface area contributed by atoms with Crippen molar-refractivity contribution >= 4 is 5.69 Å². The maximum atomic E-state index is 9.69. The molecule has 0 amide bonds. The molecule has 2 N–H and O–H groups in total. The smallest absolute Gasteiger partial charge is 0.115 e. The van der Waals surface area contributed by atoms with E-state index in [0.717, 1.165) is 32.7 Å². The number of anilines is 1. The average molecular weight is 380 g/mol. The van der Waals surface area contributed by atoms with E-state index in [4.69, 9.17) is 0 Å². The third-order valence-electron chi connectivity index (χ3n) is 6.19. The molecular formula is C24H33N3O. The van der Waals surface area contributed by atoms with Gasteiger partial charge in [0.2, 0.25) is 0 Å². The van der Waals surface area contributed by atoms with Gasteiger partial charge in [0.15, 0.2) is 0 Å². The van der Waals surface area contributed by atoms with Crippen LogP contribution in [0.3, 0.4) is 0 Å². The summed E-state index contributed by atoms with van der Waals surface area (Å²) in [7, 11) is 0. The quantitative estimate of drug-likeness (QED) is 0.826. The number of hydrogen-bond acceptors (Lipinski definition) is 4. The number of aryl methyl sites for hydroxylation is 1. The van der Waals surface area contributed by atoms with Gasteiger partial charge in [0.1, 0.15) is 5.75 Å². The second-order valence-electron chi connectivity index (χ2n) is 8.51. The van der Waals surface area contributed by atoms with Crippen molar-refractivity contribution in [1.82, 2.24) is 10.2 Å². The van der Waals surface area contributed by atoms with Crippen molar-refractivity contribution in [2.75, 3.05) is 31.1 Å². The van der Waals surface area contributed by atoms with Crippen molar-refractivity contribution in [3.05, 3.63) is 59.7 Å². The van der Waals surface area contributed by atoms with E-state index in [1.165, 1.54) is 42.5 Å². The fraction of sp³-hybridized carbons (Fsp3) is 0.500. The van der Waals surface area contributed by atoms with Crippen LogP contribution in [0.5, 0.6) is 5.75 Å². The topological polar surface area (TPSA) is 38.7 Å². The molecule has 0 aliphatic carbocycles. The van der Waals surface area contributed by atoms with E-state index in [-0.39, 0.29) is 0 Å². The first-order valence-corrected chi connectivity index (χ1v) is 10.7. The van der Waals surface area contributed by atoms with Crippen molar-refractivity contribution in [1.29, 1.82) is 0 Å². The van der Waals surface area contributed by atoms with Gasteiger partial charge in [-0.25, -0.2) is 0 Å². The normalized spacial score (nSPS) is 21.8. The molecule has 2 fully saturated rings. The predicted molar refractivity (Wildman–Crippen MR) is 116 cm³/mol. The summed E-state index contributed by atoms with van der Waals surface area (Å²) in [6.45, 7) is 7.61. The van der Waals surface area contributed by atoms with Gasteiger partial charge < -0.3 is 15.3 Å². The number of piperidine rings is 2. The molecule has 2 aliphatic rings. The molecule has 1 unspecified atom stereocenters. The van der Waals surface area contributed by atoms with Gasteiger partial charge in [-0.1, -0.05) is 29.8 Å². The van der Waals surface area contributed by atoms with Gasteiger partial charge in [0.25, 0.3) is 0 Å². The fourth-order valence-electron chi connectivity index (χ4n) is 4.64. The number of phenolic OH excluding ortho intramolecular Hbond substituents is 1. The van der Waals surface area contributed by atoms with Crippen LogP contribution >= 0.6 is 0 Å². The van der Waals surface area contributed by atoms with Crippen LogP contribution in [0.4, 0.5) is 5.69 Å². The fourth-order valence-corrected chi connectivity index (χ4v) is 4.64. The molecule has 2 aromatic carbocycles. The summed E-state index contributed by atoms with van der Waals surface area (Å²) in [5.41, 5.74) is 3.89. The van der Waals surface area contributed by atoms with Gasteiger partial charge >= 0.3 is 0 Å². The van der Waals surface area contributed by atoms with Crippen LogP contribution in [0.25, 0.3) is 0 Å². The zero-order valence-corrected chi connectivity index (χ0v) is 17.0. The molecule has 0 saturated carbocycles. The van der Waals surface area contributed by atoms with Crippen LogP contribution < -0.4 is 10.2 Å². The van der Waals surface area contributed by atoms with E-state index >= 15 is 0 Å². The summed E-state index contributed by atoms with van der Waals surface area (Å²) in [6, 6.07) is 17.8. The van der Waals surface area contributed by atoms with Gasteiger partial charge in [-0.3, -0.25) is 4.90 Å². The Labute approximate surface area is 169 Å². The summed E-state index contributed by atoms with van der Waals surface area (Å²) >= 11 is 0. The number of hydrogen-bond donors (Lipinski definition) is 2. The van der Waals surface area contributed by atoms with Gasteiger partial charge in [0.05, 0.1) is 0 Å². The van der Waals surface area contributed by atoms with E-state index in [1.54, 1.807) is 6.07 Å². The van der Waals surface area contributed by atoms with Gasteiger partial charge in [-0.15, -0.1) is 0 Å². The zero-order valence-electron chi connectivity index (χ0n) is 17.0. The lowest BCUT2D eigenvalue weighted by Crippen LogP contribution is -2.51. The van der Waals surface area contributed by atoms with E-state index < -0.39 is 0 Å². The molecule has 1 atom stereocenters. The first-order valence-electron chi connectivity index (χ1n) is 10.7. The molecule has 2 aromatic rings. The Morgan fingerprint density at radius 1 is 0.964 bits per heavy atom. The second-order valence-corrected chi connectivity index (χ2v) is 8.51. The van der Waals surface area contributed by atoms with Gasteiger partial charge in [0, 0.05) is 44.0 Å². The van der Waals surface area contributed by atoms with E-state index in [2.05, 4.69) is 52.4 Å². The number of aromatic hydroxyl groups is 1. The van der Waals surface area contributed by atoms with Crippen LogP contribution in [-0.4, -0.2) is 48.3 Å². The summed E-state index contributed by atoms with van der Waals surface area (Å²) in [6.07, 6.45) is 4.96. The standard InChI is InChI=1S/C24H33N3O/c1-19-7-9-23(10-8-19)27-14-11-21(12-15-27)25-22-5-3-13-26(18-22)17-20-4-2-6-24(28)16-20/h2,4,6-10,16,21-22,25,28H,3,5,11-15,17-18H2,1H3. The Kier molecular flexibility index (Phi) is 6.18. The zero-order chi connectivity index (χ0) is 19.3. The maximum Gasteiger partial charge on any atom is 0.115 e. The van der Waals surface area contributed by atoms with Crippen LogP contribution in [0.2, 0.25) is 0 Å². The van der Waals surface area contributed by atoms with Gasteiger partial charge in [-0.05, 0) is 69.0 Å². The van der Waals surface area contributed by atoms with Crippen molar-refractivity contribution in [3.63, 3.8) is 0 Å². The lowest BCUT2D eigenvalue weighted by atomic mass is 9.99. The molecule has 0 bridgehead atoms. The number of rotatable bonds is 5. The number of phenols is 1. The van der Waals surface area contributed by atoms with Crippen molar-refractivity contribution < 1.29 is 5.11 Å². The number of likely N-dealkylation sites (tertiary alicyclic amines) is 1.